The summed E-state index contributed by atoms with van der Waals surface area (Å²) >= 11 is 0. The van der Waals surface area contributed by atoms with Crippen LogP contribution < -0.4 is 0 Å². The van der Waals surface area contributed by atoms with E-state index in [4.69, 9.17) is 14.2 Å². The number of hydrogen-bond donors (Lipinski definition) is 0. The normalized spacial score (nSPS) is 34.8. The van der Waals surface area contributed by atoms with Crippen LogP contribution in [0, 0.1) is 0 Å². The Bertz CT molecular complexity index is 85.0. The molecular formula is C7H14O3. The van der Waals surface area contributed by atoms with Crippen molar-refractivity contribution >= 4 is 0 Å². The number of hydrogen-bond acceptors (Lipinski definition) is 3. The molecule has 0 amide bonds. The Balaban J connectivity index is 0.000000500. The second-order valence-corrected chi connectivity index (χ2v) is 2.45. The van der Waals surface area contributed by atoms with Crippen LogP contribution in [0.3, 0.4) is 0 Å². The van der Waals surface area contributed by atoms with Gasteiger partial charge in [0, 0.05) is 0 Å². The minimum absolute atomic E-state index is 0. The van der Waals surface area contributed by atoms with Crippen molar-refractivity contribution in [2.45, 2.75) is 19.6 Å². The van der Waals surface area contributed by atoms with Crippen LogP contribution in [0.5, 0.6) is 0 Å². The highest BCUT2D eigenvalue weighted by Crippen LogP contribution is 2.12. The van der Waals surface area contributed by atoms with Gasteiger partial charge in [-0.3, -0.25) is 0 Å². The molecule has 0 aromatic rings. The van der Waals surface area contributed by atoms with E-state index in [1.54, 1.807) is 0 Å². The maximum atomic E-state index is 5.23. The number of rotatable bonds is 4. The van der Waals surface area contributed by atoms with E-state index < -0.39 is 0 Å². The average molecular weight is 146 g/mol. The van der Waals surface area contributed by atoms with Gasteiger partial charge >= 0.3 is 0 Å². The van der Waals surface area contributed by atoms with Crippen molar-refractivity contribution in [3.63, 3.8) is 0 Å². The first-order valence-electron chi connectivity index (χ1n) is 3.26. The smallest absolute Gasteiger partial charge is 0.104 e. The van der Waals surface area contributed by atoms with E-state index in [1.807, 2.05) is 0 Å². The largest absolute Gasteiger partial charge is 0.376 e. The monoisotopic (exact) mass is 146 g/mol. The molecular weight excluding hydrogens is 132 g/mol. The van der Waals surface area contributed by atoms with Crippen LogP contribution in [0.25, 0.3) is 0 Å². The van der Waals surface area contributed by atoms with Crippen molar-refractivity contribution in [1.29, 1.82) is 0 Å². The fourth-order valence-corrected chi connectivity index (χ4v) is 0.659. The van der Waals surface area contributed by atoms with E-state index >= 15 is 0 Å². The summed E-state index contributed by atoms with van der Waals surface area (Å²) < 4.78 is 15.1. The molecule has 60 valence electrons. The molecule has 2 heterocycles. The lowest BCUT2D eigenvalue weighted by Crippen LogP contribution is -2.06. The Morgan fingerprint density at radius 2 is 1.50 bits per heavy atom. The summed E-state index contributed by atoms with van der Waals surface area (Å²) in [6.07, 6.45) is 0.785. The molecule has 0 saturated carbocycles. The van der Waals surface area contributed by atoms with Gasteiger partial charge in [-0.2, -0.15) is 0 Å². The van der Waals surface area contributed by atoms with Gasteiger partial charge in [-0.15, -0.1) is 0 Å². The third-order valence-corrected chi connectivity index (χ3v) is 1.41. The highest BCUT2D eigenvalue weighted by Gasteiger charge is 2.26. The maximum absolute atomic E-state index is 5.23. The van der Waals surface area contributed by atoms with E-state index in [1.165, 1.54) is 0 Å². The average Bonchev–Trinajstić information content (AvgIpc) is 2.57. The van der Waals surface area contributed by atoms with E-state index in [0.29, 0.717) is 12.2 Å². The van der Waals surface area contributed by atoms with Crippen LogP contribution >= 0.6 is 0 Å². The van der Waals surface area contributed by atoms with Gasteiger partial charge in [-0.05, 0) is 0 Å². The fraction of sp³-hybridized carbons (Fsp3) is 1.00. The maximum Gasteiger partial charge on any atom is 0.104 e. The van der Waals surface area contributed by atoms with Gasteiger partial charge in [0.25, 0.3) is 0 Å². The third kappa shape index (κ3) is 2.64. The first kappa shape index (κ1) is 7.98. The van der Waals surface area contributed by atoms with Crippen LogP contribution in [-0.4, -0.2) is 38.6 Å². The zero-order valence-electron chi connectivity index (χ0n) is 5.21. The number of epoxide rings is 2. The quantitative estimate of drug-likeness (QED) is 0.539. The lowest BCUT2D eigenvalue weighted by molar-refractivity contribution is 0.102. The molecule has 10 heavy (non-hydrogen) atoms. The minimum Gasteiger partial charge on any atom is -0.376 e. The molecule has 0 aliphatic carbocycles. The molecule has 0 aromatic heterocycles. The Morgan fingerprint density at radius 3 is 1.80 bits per heavy atom. The van der Waals surface area contributed by atoms with Crippen molar-refractivity contribution in [2.75, 3.05) is 26.4 Å². The van der Waals surface area contributed by atoms with Crippen molar-refractivity contribution in [1.82, 2.24) is 0 Å². The molecule has 0 radical (unpaired) electrons. The van der Waals surface area contributed by atoms with Gasteiger partial charge < -0.3 is 14.2 Å². The SMILES string of the molecule is C.C(OCC1CO1)C1CO1. The van der Waals surface area contributed by atoms with E-state index in [9.17, 15) is 0 Å². The molecule has 2 rings (SSSR count). The lowest BCUT2D eigenvalue weighted by Gasteiger charge is -1.95. The molecule has 2 unspecified atom stereocenters. The zero-order valence-corrected chi connectivity index (χ0v) is 5.21. The van der Waals surface area contributed by atoms with Crippen molar-refractivity contribution in [2.24, 2.45) is 0 Å². The van der Waals surface area contributed by atoms with Crippen LogP contribution in [0.15, 0.2) is 0 Å². The van der Waals surface area contributed by atoms with Gasteiger partial charge in [-0.25, -0.2) is 0 Å². The van der Waals surface area contributed by atoms with Gasteiger partial charge in [-0.1, -0.05) is 7.43 Å². The lowest BCUT2D eigenvalue weighted by atomic mass is 10.5. The van der Waals surface area contributed by atoms with Crippen LogP contribution in [-0.2, 0) is 14.2 Å². The van der Waals surface area contributed by atoms with Gasteiger partial charge in [0.1, 0.15) is 12.2 Å². The molecule has 2 aliphatic rings. The topological polar surface area (TPSA) is 34.3 Å². The summed E-state index contributed by atoms with van der Waals surface area (Å²) in [5, 5.41) is 0. The second kappa shape index (κ2) is 3.32. The molecule has 3 nitrogen and oxygen atoms in total. The van der Waals surface area contributed by atoms with E-state index in [-0.39, 0.29) is 7.43 Å². The van der Waals surface area contributed by atoms with Crippen LogP contribution in [0.1, 0.15) is 7.43 Å². The first-order valence-corrected chi connectivity index (χ1v) is 3.26. The third-order valence-electron chi connectivity index (χ3n) is 1.41. The molecule has 2 saturated heterocycles. The molecule has 3 heteroatoms. The minimum atomic E-state index is 0. The Morgan fingerprint density at radius 1 is 1.10 bits per heavy atom. The van der Waals surface area contributed by atoms with Crippen molar-refractivity contribution in [3.8, 4) is 0 Å². The molecule has 2 aliphatic heterocycles. The Labute approximate surface area is 61.3 Å². The highest BCUT2D eigenvalue weighted by atomic mass is 16.6. The number of ether oxygens (including phenoxy) is 3. The van der Waals surface area contributed by atoms with E-state index in [0.717, 1.165) is 26.4 Å². The fourth-order valence-electron chi connectivity index (χ4n) is 0.659. The zero-order chi connectivity index (χ0) is 6.10. The summed E-state index contributed by atoms with van der Waals surface area (Å²) in [5.41, 5.74) is 0. The van der Waals surface area contributed by atoms with Gasteiger partial charge in [0.05, 0.1) is 26.4 Å². The molecule has 2 fully saturated rings. The Hall–Kier alpha value is -0.120. The standard InChI is InChI=1S/C6H10O3.CH4/c1(5-3-8-5)7-2-6-4-9-6;/h5-6H,1-4H2;1H4. The summed E-state index contributed by atoms with van der Waals surface area (Å²) in [4.78, 5) is 0. The molecule has 2 atom stereocenters. The highest BCUT2D eigenvalue weighted by molar-refractivity contribution is 4.71. The van der Waals surface area contributed by atoms with Crippen LogP contribution in [0.4, 0.5) is 0 Å². The predicted molar refractivity (Wildman–Crippen MR) is 37.0 cm³/mol. The Kier molecular flexibility index (Phi) is 2.65. The molecule has 0 bridgehead atoms. The predicted octanol–water partition coefficient (Wildman–Crippen LogP) is 0.437. The van der Waals surface area contributed by atoms with Gasteiger partial charge in [0.2, 0.25) is 0 Å². The van der Waals surface area contributed by atoms with E-state index in [2.05, 4.69) is 0 Å². The first-order chi connectivity index (χ1) is 4.45. The van der Waals surface area contributed by atoms with Crippen molar-refractivity contribution < 1.29 is 14.2 Å². The van der Waals surface area contributed by atoms with Crippen LogP contribution in [0.2, 0.25) is 0 Å². The summed E-state index contributed by atoms with van der Waals surface area (Å²) in [6.45, 7) is 3.26. The molecule has 0 aromatic carbocycles. The summed E-state index contributed by atoms with van der Waals surface area (Å²) in [6, 6.07) is 0. The molecule has 0 spiro atoms. The summed E-state index contributed by atoms with van der Waals surface area (Å²) in [7, 11) is 0. The second-order valence-electron chi connectivity index (χ2n) is 2.45. The summed E-state index contributed by atoms with van der Waals surface area (Å²) in [5.74, 6) is 0. The van der Waals surface area contributed by atoms with Gasteiger partial charge in [0.15, 0.2) is 0 Å². The van der Waals surface area contributed by atoms with Crippen molar-refractivity contribution in [3.05, 3.63) is 0 Å². The molecule has 0 N–H and O–H groups in total.